The number of carbonyl (C=O) groups is 5. The quantitative estimate of drug-likeness (QED) is 0.156. The molecule has 1 aromatic carbocycles. The number of aliphatic carboxylic acids is 3. The van der Waals surface area contributed by atoms with Gasteiger partial charge in [0.05, 0.1) is 5.92 Å². The number of benzene rings is 1. The zero-order valence-corrected chi connectivity index (χ0v) is 18.6. The monoisotopic (exact) mass is 549 g/mol. The van der Waals surface area contributed by atoms with Crippen molar-refractivity contribution in [1.29, 1.82) is 0 Å². The highest BCUT2D eigenvalue weighted by Crippen LogP contribution is 2.29. The van der Waals surface area contributed by atoms with Gasteiger partial charge in [-0.3, -0.25) is 14.4 Å². The van der Waals surface area contributed by atoms with Gasteiger partial charge in [-0.1, -0.05) is 6.42 Å². The van der Waals surface area contributed by atoms with Crippen molar-refractivity contribution in [2.24, 2.45) is 11.7 Å². The van der Waals surface area contributed by atoms with E-state index in [1.807, 2.05) is 5.32 Å². The van der Waals surface area contributed by atoms with Gasteiger partial charge in [0.25, 0.3) is 5.91 Å². The van der Waals surface area contributed by atoms with Crippen LogP contribution in [0.1, 0.15) is 42.5 Å². The Labute approximate surface area is 191 Å². The van der Waals surface area contributed by atoms with Crippen molar-refractivity contribution in [2.45, 2.75) is 37.6 Å². The number of urea groups is 1. The molecule has 0 aliphatic carbocycles. The molecule has 1 aromatic rings. The standard InChI is InChI=1S/C19H24IN3O8/c20-12-6-4-11(5-7-12)15(26)22-10-2-1-3-13(16(27)28)19(17(29)30,23-18(21)31)9-8-14(24)25/h4-7,13H,1-3,8-10H2,(H,22,26)(H,24,25)(H,27,28)(H,29,30)(H3,21,23,31). The van der Waals surface area contributed by atoms with Crippen molar-refractivity contribution < 1.29 is 39.3 Å². The van der Waals surface area contributed by atoms with Crippen molar-refractivity contribution in [2.75, 3.05) is 6.54 Å². The molecular formula is C19H24IN3O8. The van der Waals surface area contributed by atoms with Gasteiger partial charge in [-0.25, -0.2) is 9.59 Å². The van der Waals surface area contributed by atoms with Crippen molar-refractivity contribution in [3.8, 4) is 0 Å². The first-order valence-corrected chi connectivity index (χ1v) is 10.4. The topological polar surface area (TPSA) is 196 Å². The van der Waals surface area contributed by atoms with Gasteiger partial charge in [0.1, 0.15) is 0 Å². The number of rotatable bonds is 13. The smallest absolute Gasteiger partial charge is 0.330 e. The Hall–Kier alpha value is -2.90. The predicted molar refractivity (Wildman–Crippen MR) is 116 cm³/mol. The van der Waals surface area contributed by atoms with E-state index >= 15 is 0 Å². The van der Waals surface area contributed by atoms with E-state index in [1.165, 1.54) is 0 Å². The normalized spacial score (nSPS) is 13.5. The highest BCUT2D eigenvalue weighted by molar-refractivity contribution is 14.1. The van der Waals surface area contributed by atoms with Crippen LogP contribution in [-0.4, -0.2) is 57.2 Å². The third-order valence-electron chi connectivity index (χ3n) is 4.67. The minimum atomic E-state index is -2.37. The Balaban J connectivity index is 2.78. The fourth-order valence-electron chi connectivity index (χ4n) is 3.12. The van der Waals surface area contributed by atoms with Crippen LogP contribution in [0.3, 0.4) is 0 Å². The Morgan fingerprint density at radius 2 is 1.65 bits per heavy atom. The lowest BCUT2D eigenvalue weighted by atomic mass is 9.77. The third kappa shape index (κ3) is 8.03. The van der Waals surface area contributed by atoms with E-state index < -0.39 is 48.2 Å². The van der Waals surface area contributed by atoms with E-state index in [4.69, 9.17) is 10.8 Å². The molecule has 12 heteroatoms. The summed E-state index contributed by atoms with van der Waals surface area (Å²) in [6, 6.07) is 5.61. The Bertz CT molecular complexity index is 830. The van der Waals surface area contributed by atoms with Crippen LogP contribution >= 0.6 is 22.6 Å². The van der Waals surface area contributed by atoms with E-state index in [0.717, 1.165) is 3.57 Å². The zero-order valence-electron chi connectivity index (χ0n) is 16.5. The molecule has 0 aromatic heterocycles. The fourth-order valence-corrected chi connectivity index (χ4v) is 3.48. The first-order chi connectivity index (χ1) is 14.5. The Kier molecular flexibility index (Phi) is 10.2. The van der Waals surface area contributed by atoms with Gasteiger partial charge in [0.2, 0.25) is 0 Å². The van der Waals surface area contributed by atoms with Crippen LogP contribution in [0.15, 0.2) is 24.3 Å². The highest BCUT2D eigenvalue weighted by atomic mass is 127. The number of halogens is 1. The van der Waals surface area contributed by atoms with Crippen LogP contribution < -0.4 is 16.4 Å². The maximum absolute atomic E-state index is 12.1. The van der Waals surface area contributed by atoms with Crippen LogP contribution in [0, 0.1) is 9.49 Å². The number of carboxylic acids is 3. The number of hydrogen-bond acceptors (Lipinski definition) is 5. The van der Waals surface area contributed by atoms with Crippen LogP contribution in [0.4, 0.5) is 4.79 Å². The number of carboxylic acid groups (broad SMARTS) is 3. The maximum atomic E-state index is 12.1. The minimum Gasteiger partial charge on any atom is -0.481 e. The van der Waals surface area contributed by atoms with Crippen molar-refractivity contribution >= 4 is 52.4 Å². The summed E-state index contributed by atoms with van der Waals surface area (Å²) in [6.45, 7) is 0.218. The molecule has 3 amide bonds. The van der Waals surface area contributed by atoms with Gasteiger partial charge < -0.3 is 31.7 Å². The average molecular weight is 549 g/mol. The van der Waals surface area contributed by atoms with Crippen molar-refractivity contribution in [3.05, 3.63) is 33.4 Å². The van der Waals surface area contributed by atoms with E-state index in [0.29, 0.717) is 12.0 Å². The molecular weight excluding hydrogens is 525 g/mol. The van der Waals surface area contributed by atoms with E-state index in [2.05, 4.69) is 27.9 Å². The molecule has 2 unspecified atom stereocenters. The van der Waals surface area contributed by atoms with Gasteiger partial charge in [0, 0.05) is 22.1 Å². The summed E-state index contributed by atoms with van der Waals surface area (Å²) >= 11 is 2.11. The molecule has 7 N–H and O–H groups in total. The summed E-state index contributed by atoms with van der Waals surface area (Å²) in [6.07, 6.45) is -0.970. The molecule has 0 spiro atoms. The molecule has 0 saturated heterocycles. The second kappa shape index (κ2) is 12.1. The molecule has 11 nitrogen and oxygen atoms in total. The van der Waals surface area contributed by atoms with Crippen molar-refractivity contribution in [3.63, 3.8) is 0 Å². The predicted octanol–water partition coefficient (Wildman–Crippen LogP) is 1.25. The third-order valence-corrected chi connectivity index (χ3v) is 5.38. The molecule has 0 heterocycles. The SMILES string of the molecule is NC(=O)NC(CCC(=O)O)(C(=O)O)C(CCCCNC(=O)c1ccc(I)cc1)C(=O)O. The largest absolute Gasteiger partial charge is 0.481 e. The van der Waals surface area contributed by atoms with Crippen LogP contribution in [-0.2, 0) is 14.4 Å². The summed E-state index contributed by atoms with van der Waals surface area (Å²) in [7, 11) is 0. The summed E-state index contributed by atoms with van der Waals surface area (Å²) in [5.41, 5.74) is 3.12. The molecule has 0 fully saturated rings. The summed E-state index contributed by atoms with van der Waals surface area (Å²) in [4.78, 5) is 58.0. The second-order valence-electron chi connectivity index (χ2n) is 6.81. The maximum Gasteiger partial charge on any atom is 0.330 e. The molecule has 31 heavy (non-hydrogen) atoms. The molecule has 170 valence electrons. The molecule has 1 rings (SSSR count). The van der Waals surface area contributed by atoms with Crippen LogP contribution in [0.5, 0.6) is 0 Å². The number of primary amides is 1. The van der Waals surface area contributed by atoms with Crippen LogP contribution in [0.2, 0.25) is 0 Å². The number of amides is 3. The number of nitrogens with two attached hydrogens (primary N) is 1. The lowest BCUT2D eigenvalue weighted by Crippen LogP contribution is -2.62. The molecule has 0 radical (unpaired) electrons. The molecule has 2 atom stereocenters. The number of carbonyl (C=O) groups excluding carboxylic acids is 2. The molecule has 0 bridgehead atoms. The van der Waals surface area contributed by atoms with Gasteiger partial charge in [0.15, 0.2) is 5.54 Å². The van der Waals surface area contributed by atoms with E-state index in [-0.39, 0.29) is 25.3 Å². The van der Waals surface area contributed by atoms with Crippen molar-refractivity contribution in [1.82, 2.24) is 10.6 Å². The van der Waals surface area contributed by atoms with E-state index in [9.17, 15) is 34.2 Å². The number of nitrogens with one attached hydrogen (secondary N) is 2. The van der Waals surface area contributed by atoms with Gasteiger partial charge in [-0.2, -0.15) is 0 Å². The van der Waals surface area contributed by atoms with Gasteiger partial charge in [-0.05, 0) is 66.1 Å². The lowest BCUT2D eigenvalue weighted by molar-refractivity contribution is -0.158. The van der Waals surface area contributed by atoms with Gasteiger partial charge in [-0.15, -0.1) is 0 Å². The molecule has 0 aliphatic rings. The zero-order chi connectivity index (χ0) is 23.6. The summed E-state index contributed by atoms with van der Waals surface area (Å²) in [5, 5.41) is 32.7. The van der Waals surface area contributed by atoms with E-state index in [1.54, 1.807) is 24.3 Å². The summed E-state index contributed by atoms with van der Waals surface area (Å²) < 4.78 is 0.975. The number of hydrogen-bond donors (Lipinski definition) is 6. The summed E-state index contributed by atoms with van der Waals surface area (Å²) in [5.74, 6) is -6.47. The molecule has 0 aliphatic heterocycles. The second-order valence-corrected chi connectivity index (χ2v) is 8.05. The van der Waals surface area contributed by atoms with Crippen LogP contribution in [0.25, 0.3) is 0 Å². The minimum absolute atomic E-state index is 0.180. The van der Waals surface area contributed by atoms with Gasteiger partial charge >= 0.3 is 23.9 Å². The first kappa shape index (κ1) is 26.1. The number of unbranched alkanes of at least 4 members (excludes halogenated alkanes) is 1. The highest BCUT2D eigenvalue weighted by Gasteiger charge is 2.50. The average Bonchev–Trinajstić information content (AvgIpc) is 2.67. The lowest BCUT2D eigenvalue weighted by Gasteiger charge is -2.35. The molecule has 0 saturated carbocycles. The fraction of sp³-hybridized carbons (Fsp3) is 0.421. The first-order valence-electron chi connectivity index (χ1n) is 9.29. The Morgan fingerprint density at radius 3 is 2.13 bits per heavy atom. The Morgan fingerprint density at radius 1 is 1.03 bits per heavy atom.